The second kappa shape index (κ2) is 7.36. The summed E-state index contributed by atoms with van der Waals surface area (Å²) in [5.74, 6) is 0.347. The normalized spacial score (nSPS) is 12.5. The molecule has 1 unspecified atom stereocenters. The maximum atomic E-state index is 13.0. The minimum absolute atomic E-state index is 0.0444. The number of fused-ring (bicyclic) bond motifs is 1. The van der Waals surface area contributed by atoms with Crippen molar-refractivity contribution in [2.24, 2.45) is 0 Å². The predicted molar refractivity (Wildman–Crippen MR) is 107 cm³/mol. The number of carbonyl (C=O) groups is 1. The second-order valence-electron chi connectivity index (χ2n) is 7.18. The van der Waals surface area contributed by atoms with Crippen LogP contribution in [0.2, 0.25) is 0 Å². The van der Waals surface area contributed by atoms with Gasteiger partial charge in [-0.15, -0.1) is 0 Å². The molecule has 1 aromatic carbocycles. The zero-order valence-electron chi connectivity index (χ0n) is 16.3. The molecule has 3 aromatic rings. The molecule has 2 aromatic heterocycles. The van der Waals surface area contributed by atoms with Gasteiger partial charge in [0, 0.05) is 18.8 Å². The lowest BCUT2D eigenvalue weighted by Gasteiger charge is -2.20. The van der Waals surface area contributed by atoms with E-state index in [1.54, 1.807) is 23.8 Å². The van der Waals surface area contributed by atoms with E-state index in [4.69, 9.17) is 0 Å². The van der Waals surface area contributed by atoms with E-state index >= 15 is 0 Å². The fraction of sp³-hybridized carbons (Fsp3) is 0.350. The van der Waals surface area contributed by atoms with Crippen molar-refractivity contribution in [3.05, 3.63) is 57.8 Å². The summed E-state index contributed by atoms with van der Waals surface area (Å²) in [6, 6.07) is 7.28. The van der Waals surface area contributed by atoms with E-state index in [-0.39, 0.29) is 17.2 Å². The molecule has 1 atom stereocenters. The molecule has 7 heteroatoms. The number of amides is 1. The number of H-pyrrole nitrogens is 1. The lowest BCUT2D eigenvalue weighted by molar-refractivity contribution is 0.102. The van der Waals surface area contributed by atoms with Crippen molar-refractivity contribution in [3.63, 3.8) is 0 Å². The number of para-hydroxylation sites is 1. The van der Waals surface area contributed by atoms with Crippen LogP contribution in [0.4, 0.5) is 5.69 Å². The number of aromatic nitrogens is 3. The summed E-state index contributed by atoms with van der Waals surface area (Å²) in [7, 11) is 3.91. The number of pyridine rings is 1. The maximum Gasteiger partial charge on any atom is 0.263 e. The van der Waals surface area contributed by atoms with Crippen LogP contribution in [0.5, 0.6) is 0 Å². The fourth-order valence-corrected chi connectivity index (χ4v) is 3.32. The Labute approximate surface area is 158 Å². The van der Waals surface area contributed by atoms with Gasteiger partial charge in [-0.25, -0.2) is 4.98 Å². The van der Waals surface area contributed by atoms with Crippen LogP contribution in [-0.4, -0.2) is 46.0 Å². The van der Waals surface area contributed by atoms with Gasteiger partial charge in [-0.1, -0.05) is 6.07 Å². The molecular formula is C20H25N5O2. The molecule has 0 spiro atoms. The van der Waals surface area contributed by atoms with E-state index in [1.165, 1.54) is 0 Å². The Morgan fingerprint density at radius 3 is 2.74 bits per heavy atom. The smallest absolute Gasteiger partial charge is 0.263 e. The van der Waals surface area contributed by atoms with Crippen LogP contribution >= 0.6 is 0 Å². The molecule has 3 rings (SSSR count). The number of hydrogen-bond donors (Lipinski definition) is 2. The minimum atomic E-state index is -0.419. The molecule has 0 saturated carbocycles. The Morgan fingerprint density at radius 2 is 2.04 bits per heavy atom. The van der Waals surface area contributed by atoms with Crippen molar-refractivity contribution in [2.75, 3.05) is 26.0 Å². The second-order valence-corrected chi connectivity index (χ2v) is 7.18. The molecule has 0 saturated heterocycles. The predicted octanol–water partition coefficient (Wildman–Crippen LogP) is 2.72. The molecule has 27 heavy (non-hydrogen) atoms. The van der Waals surface area contributed by atoms with Gasteiger partial charge in [0.15, 0.2) is 0 Å². The summed E-state index contributed by atoms with van der Waals surface area (Å²) in [4.78, 5) is 35.5. The number of aromatic amines is 1. The molecule has 1 amide bonds. The van der Waals surface area contributed by atoms with Crippen LogP contribution in [0.3, 0.4) is 0 Å². The van der Waals surface area contributed by atoms with Crippen molar-refractivity contribution in [2.45, 2.75) is 26.8 Å². The summed E-state index contributed by atoms with van der Waals surface area (Å²) in [6.07, 6.45) is 1.75. The van der Waals surface area contributed by atoms with Gasteiger partial charge in [-0.2, -0.15) is 0 Å². The molecule has 142 valence electrons. The van der Waals surface area contributed by atoms with Crippen molar-refractivity contribution >= 4 is 22.6 Å². The molecule has 2 N–H and O–H groups in total. The van der Waals surface area contributed by atoms with Crippen LogP contribution < -0.4 is 10.9 Å². The molecule has 2 heterocycles. The highest BCUT2D eigenvalue weighted by molar-refractivity contribution is 6.08. The molecule has 0 aliphatic carbocycles. The van der Waals surface area contributed by atoms with Crippen LogP contribution in [0.25, 0.3) is 11.0 Å². The van der Waals surface area contributed by atoms with Crippen LogP contribution in [0, 0.1) is 13.8 Å². The summed E-state index contributed by atoms with van der Waals surface area (Å²) < 4.78 is 1.61. The Bertz CT molecular complexity index is 1050. The number of benzene rings is 1. The van der Waals surface area contributed by atoms with Gasteiger partial charge >= 0.3 is 0 Å². The largest absolute Gasteiger partial charge is 0.342 e. The Hall–Kier alpha value is -2.93. The average Bonchev–Trinajstić information content (AvgIpc) is 2.95. The number of carbonyl (C=O) groups excluding carboxylic acids is 1. The highest BCUT2D eigenvalue weighted by atomic mass is 16.2. The number of anilines is 1. The number of hydrogen-bond acceptors (Lipinski definition) is 4. The van der Waals surface area contributed by atoms with E-state index in [2.05, 4.69) is 15.3 Å². The first-order valence-corrected chi connectivity index (χ1v) is 8.91. The maximum absolute atomic E-state index is 13.0. The lowest BCUT2D eigenvalue weighted by atomic mass is 10.1. The summed E-state index contributed by atoms with van der Waals surface area (Å²) in [5.41, 5.74) is 2.62. The van der Waals surface area contributed by atoms with E-state index < -0.39 is 5.91 Å². The molecule has 0 radical (unpaired) electrons. The van der Waals surface area contributed by atoms with Gasteiger partial charge in [0.1, 0.15) is 16.9 Å². The van der Waals surface area contributed by atoms with E-state index in [1.807, 2.05) is 51.0 Å². The van der Waals surface area contributed by atoms with Crippen molar-refractivity contribution in [1.29, 1.82) is 0 Å². The average molecular weight is 367 g/mol. The third-order valence-electron chi connectivity index (χ3n) is 4.54. The number of rotatable bonds is 5. The van der Waals surface area contributed by atoms with Gasteiger partial charge in [0.25, 0.3) is 11.5 Å². The third-order valence-corrected chi connectivity index (χ3v) is 4.54. The van der Waals surface area contributed by atoms with E-state index in [0.29, 0.717) is 23.3 Å². The van der Waals surface area contributed by atoms with Crippen molar-refractivity contribution in [3.8, 4) is 0 Å². The van der Waals surface area contributed by atoms with Gasteiger partial charge < -0.3 is 19.8 Å². The Kier molecular flexibility index (Phi) is 5.14. The third kappa shape index (κ3) is 3.78. The van der Waals surface area contributed by atoms with Crippen molar-refractivity contribution in [1.82, 2.24) is 19.4 Å². The van der Waals surface area contributed by atoms with Crippen LogP contribution in [0.15, 0.2) is 35.3 Å². The number of aryl methyl sites for hydroxylation is 2. The number of imidazole rings is 1. The van der Waals surface area contributed by atoms with Crippen LogP contribution in [0.1, 0.15) is 34.7 Å². The van der Waals surface area contributed by atoms with E-state index in [9.17, 15) is 9.59 Å². The number of nitrogens with zero attached hydrogens (tertiary/aromatic N) is 3. The Balaban J connectivity index is 1.98. The molecular weight excluding hydrogens is 342 g/mol. The first kappa shape index (κ1) is 18.8. The number of nitrogens with one attached hydrogen (secondary N) is 2. The quantitative estimate of drug-likeness (QED) is 0.726. The Morgan fingerprint density at radius 1 is 1.30 bits per heavy atom. The number of likely N-dealkylation sites (N-methyl/N-ethyl adjacent to an activating group) is 1. The van der Waals surface area contributed by atoms with Gasteiger partial charge in [-0.3, -0.25) is 9.59 Å². The van der Waals surface area contributed by atoms with Gasteiger partial charge in [0.2, 0.25) is 0 Å². The SMILES string of the molecule is Cc1nc2c(NC(=O)c3c(C)ccn(C(C)CN(C)C)c3=O)cccc2[nH]1. The molecule has 0 bridgehead atoms. The van der Waals surface area contributed by atoms with Crippen LogP contribution in [-0.2, 0) is 0 Å². The molecule has 7 nitrogen and oxygen atoms in total. The first-order chi connectivity index (χ1) is 12.8. The highest BCUT2D eigenvalue weighted by Gasteiger charge is 2.19. The summed E-state index contributed by atoms with van der Waals surface area (Å²) >= 11 is 0. The lowest BCUT2D eigenvalue weighted by Crippen LogP contribution is -2.34. The monoisotopic (exact) mass is 367 g/mol. The first-order valence-electron chi connectivity index (χ1n) is 8.91. The standard InChI is InChI=1S/C20H25N5O2/c1-12-9-10-25(13(2)11-24(4)5)20(27)17(12)19(26)23-16-8-6-7-15-18(16)22-14(3)21-15/h6-10,13H,11H2,1-5H3,(H,21,22)(H,23,26). The zero-order valence-corrected chi connectivity index (χ0v) is 16.3. The summed E-state index contributed by atoms with van der Waals surface area (Å²) in [5, 5.41) is 2.86. The van der Waals surface area contributed by atoms with E-state index in [0.717, 1.165) is 11.3 Å². The summed E-state index contributed by atoms with van der Waals surface area (Å²) in [6.45, 7) is 6.30. The van der Waals surface area contributed by atoms with Gasteiger partial charge in [-0.05, 0) is 58.6 Å². The zero-order chi connectivity index (χ0) is 19.7. The fourth-order valence-electron chi connectivity index (χ4n) is 3.32. The van der Waals surface area contributed by atoms with Crippen molar-refractivity contribution < 1.29 is 4.79 Å². The molecule has 0 aliphatic rings. The molecule has 0 aliphatic heterocycles. The van der Waals surface area contributed by atoms with Gasteiger partial charge in [0.05, 0.1) is 11.2 Å². The molecule has 0 fully saturated rings. The minimum Gasteiger partial charge on any atom is -0.342 e. The highest BCUT2D eigenvalue weighted by Crippen LogP contribution is 2.22. The topological polar surface area (TPSA) is 83.0 Å².